The van der Waals surface area contributed by atoms with E-state index >= 15 is 0 Å². The number of carbonyl (C=O) groups excluding carboxylic acids is 1. The van der Waals surface area contributed by atoms with E-state index in [9.17, 15) is 9.59 Å². The van der Waals surface area contributed by atoms with Crippen molar-refractivity contribution in [2.45, 2.75) is 39.3 Å². The van der Waals surface area contributed by atoms with Crippen molar-refractivity contribution in [1.29, 1.82) is 0 Å². The molecule has 0 aliphatic heterocycles. The van der Waals surface area contributed by atoms with Gasteiger partial charge < -0.3 is 5.32 Å². The Labute approximate surface area is 115 Å². The van der Waals surface area contributed by atoms with E-state index in [4.69, 9.17) is 23.2 Å². The SMILES string of the molecule is CCC(CC)NC(=O)Cn1ncc(Cl)c(Cl)c1=O. The molecule has 7 heteroatoms. The van der Waals surface area contributed by atoms with Gasteiger partial charge >= 0.3 is 0 Å². The van der Waals surface area contributed by atoms with Crippen LogP contribution in [0.3, 0.4) is 0 Å². The third-order valence-corrected chi connectivity index (χ3v) is 3.34. The van der Waals surface area contributed by atoms with E-state index in [0.717, 1.165) is 17.5 Å². The maximum absolute atomic E-state index is 11.7. The van der Waals surface area contributed by atoms with Crippen LogP contribution in [0, 0.1) is 0 Å². The van der Waals surface area contributed by atoms with Crippen LogP contribution >= 0.6 is 23.2 Å². The molecule has 1 N–H and O–H groups in total. The van der Waals surface area contributed by atoms with E-state index in [1.54, 1.807) is 0 Å². The first kappa shape index (κ1) is 15.0. The largest absolute Gasteiger partial charge is 0.352 e. The second-order valence-electron chi connectivity index (χ2n) is 3.85. The minimum atomic E-state index is -0.566. The molecule has 0 saturated carbocycles. The Morgan fingerprint density at radius 1 is 1.44 bits per heavy atom. The molecule has 1 aromatic heterocycles. The summed E-state index contributed by atoms with van der Waals surface area (Å²) in [7, 11) is 0. The summed E-state index contributed by atoms with van der Waals surface area (Å²) in [5.41, 5.74) is -0.566. The van der Waals surface area contributed by atoms with Crippen molar-refractivity contribution in [2.75, 3.05) is 0 Å². The van der Waals surface area contributed by atoms with Gasteiger partial charge in [-0.2, -0.15) is 5.10 Å². The van der Waals surface area contributed by atoms with Crippen molar-refractivity contribution in [1.82, 2.24) is 15.1 Å². The minimum Gasteiger partial charge on any atom is -0.352 e. The van der Waals surface area contributed by atoms with Crippen molar-refractivity contribution in [3.8, 4) is 0 Å². The van der Waals surface area contributed by atoms with Gasteiger partial charge in [-0.3, -0.25) is 9.59 Å². The normalized spacial score (nSPS) is 10.7. The quantitative estimate of drug-likeness (QED) is 0.901. The number of nitrogens with one attached hydrogen (secondary N) is 1. The molecule has 18 heavy (non-hydrogen) atoms. The minimum absolute atomic E-state index is 0.0818. The molecule has 0 aromatic carbocycles. The molecule has 1 amide bonds. The zero-order chi connectivity index (χ0) is 13.7. The smallest absolute Gasteiger partial charge is 0.287 e. The van der Waals surface area contributed by atoms with Crippen LogP contribution in [0.4, 0.5) is 0 Å². The van der Waals surface area contributed by atoms with Crippen LogP contribution in [0.15, 0.2) is 11.0 Å². The monoisotopic (exact) mass is 291 g/mol. The third kappa shape index (κ3) is 3.71. The second-order valence-corrected chi connectivity index (χ2v) is 4.64. The van der Waals surface area contributed by atoms with Gasteiger partial charge in [0.2, 0.25) is 5.91 Å². The Bertz CT molecular complexity index is 484. The molecule has 0 bridgehead atoms. The Hall–Kier alpha value is -1.07. The molecule has 0 unspecified atom stereocenters. The molecule has 0 fully saturated rings. The van der Waals surface area contributed by atoms with E-state index in [1.807, 2.05) is 13.8 Å². The number of nitrogens with zero attached hydrogens (tertiary/aromatic N) is 2. The lowest BCUT2D eigenvalue weighted by atomic mass is 10.2. The van der Waals surface area contributed by atoms with Gasteiger partial charge in [0.15, 0.2) is 0 Å². The molecule has 1 aromatic rings. The standard InChI is InChI=1S/C11H15Cl2N3O2/c1-3-7(4-2)15-9(17)6-16-11(18)10(13)8(12)5-14-16/h5,7H,3-4,6H2,1-2H3,(H,15,17). The highest BCUT2D eigenvalue weighted by atomic mass is 35.5. The topological polar surface area (TPSA) is 64.0 Å². The summed E-state index contributed by atoms with van der Waals surface area (Å²) in [6, 6.07) is 0.107. The number of carbonyl (C=O) groups is 1. The van der Waals surface area contributed by atoms with Crippen LogP contribution in [0.5, 0.6) is 0 Å². The van der Waals surface area contributed by atoms with Crippen molar-refractivity contribution in [2.24, 2.45) is 0 Å². The number of rotatable bonds is 5. The summed E-state index contributed by atoms with van der Waals surface area (Å²) in [6.07, 6.45) is 2.92. The van der Waals surface area contributed by atoms with E-state index in [-0.39, 0.29) is 28.5 Å². The van der Waals surface area contributed by atoms with Crippen molar-refractivity contribution < 1.29 is 4.79 Å². The van der Waals surface area contributed by atoms with Crippen molar-refractivity contribution >= 4 is 29.1 Å². The van der Waals surface area contributed by atoms with Crippen molar-refractivity contribution in [3.05, 3.63) is 26.6 Å². The van der Waals surface area contributed by atoms with Crippen LogP contribution in [0.25, 0.3) is 0 Å². The van der Waals surface area contributed by atoms with E-state index in [2.05, 4.69) is 10.4 Å². The molecule has 0 spiro atoms. The van der Waals surface area contributed by atoms with Crippen LogP contribution in [-0.4, -0.2) is 21.7 Å². The zero-order valence-electron chi connectivity index (χ0n) is 10.2. The predicted molar refractivity (Wildman–Crippen MR) is 71.0 cm³/mol. The van der Waals surface area contributed by atoms with Crippen molar-refractivity contribution in [3.63, 3.8) is 0 Å². The van der Waals surface area contributed by atoms with Gasteiger partial charge in [0.05, 0.1) is 11.2 Å². The second kappa shape index (κ2) is 6.75. The lowest BCUT2D eigenvalue weighted by Gasteiger charge is -2.14. The highest BCUT2D eigenvalue weighted by molar-refractivity contribution is 6.41. The fourth-order valence-corrected chi connectivity index (χ4v) is 1.73. The third-order valence-electron chi connectivity index (χ3n) is 2.59. The van der Waals surface area contributed by atoms with E-state index in [0.29, 0.717) is 0 Å². The molecule has 0 aliphatic carbocycles. The van der Waals surface area contributed by atoms with Gasteiger partial charge in [0.25, 0.3) is 5.56 Å². The number of hydrogen-bond acceptors (Lipinski definition) is 3. The average Bonchev–Trinajstić information content (AvgIpc) is 2.36. The first-order chi connectivity index (χ1) is 8.49. The van der Waals surface area contributed by atoms with Gasteiger partial charge in [-0.15, -0.1) is 0 Å². The van der Waals surface area contributed by atoms with Gasteiger partial charge in [-0.05, 0) is 12.8 Å². The first-order valence-corrected chi connectivity index (χ1v) is 6.45. The molecule has 0 radical (unpaired) electrons. The summed E-state index contributed by atoms with van der Waals surface area (Å²) < 4.78 is 0.992. The Morgan fingerprint density at radius 3 is 2.61 bits per heavy atom. The van der Waals surface area contributed by atoms with Crippen LogP contribution in [0.1, 0.15) is 26.7 Å². The maximum Gasteiger partial charge on any atom is 0.287 e. The summed E-state index contributed by atoms with van der Waals surface area (Å²) in [4.78, 5) is 23.4. The molecule has 0 saturated heterocycles. The lowest BCUT2D eigenvalue weighted by molar-refractivity contribution is -0.122. The molecule has 1 rings (SSSR count). The number of halogens is 2. The van der Waals surface area contributed by atoms with Gasteiger partial charge in [-0.1, -0.05) is 37.0 Å². The van der Waals surface area contributed by atoms with Gasteiger partial charge in [0, 0.05) is 6.04 Å². The molecule has 1 heterocycles. The Kier molecular flexibility index (Phi) is 5.62. The van der Waals surface area contributed by atoms with Gasteiger partial charge in [-0.25, -0.2) is 4.68 Å². The number of hydrogen-bond donors (Lipinski definition) is 1. The zero-order valence-corrected chi connectivity index (χ0v) is 11.8. The van der Waals surface area contributed by atoms with Crippen LogP contribution in [-0.2, 0) is 11.3 Å². The maximum atomic E-state index is 11.7. The molecular formula is C11H15Cl2N3O2. The lowest BCUT2D eigenvalue weighted by Crippen LogP contribution is -2.39. The highest BCUT2D eigenvalue weighted by Gasteiger charge is 2.12. The molecule has 0 atom stereocenters. The van der Waals surface area contributed by atoms with E-state index < -0.39 is 5.56 Å². The summed E-state index contributed by atoms with van der Waals surface area (Å²) >= 11 is 11.3. The fourth-order valence-electron chi connectivity index (χ4n) is 1.46. The average molecular weight is 292 g/mol. The predicted octanol–water partition coefficient (Wildman–Crippen LogP) is 1.85. The molecule has 0 aliphatic rings. The van der Waals surface area contributed by atoms with Gasteiger partial charge in [0.1, 0.15) is 11.6 Å². The van der Waals surface area contributed by atoms with Crippen LogP contribution < -0.4 is 10.9 Å². The Balaban J connectivity index is 2.77. The summed E-state index contributed by atoms with van der Waals surface area (Å²) in [5.74, 6) is -0.267. The summed E-state index contributed by atoms with van der Waals surface area (Å²) in [5, 5.41) is 6.53. The molecular weight excluding hydrogens is 277 g/mol. The highest BCUT2D eigenvalue weighted by Crippen LogP contribution is 2.14. The molecule has 100 valence electrons. The van der Waals surface area contributed by atoms with Crippen LogP contribution in [0.2, 0.25) is 10.0 Å². The number of amides is 1. The first-order valence-electron chi connectivity index (χ1n) is 5.70. The summed E-state index contributed by atoms with van der Waals surface area (Å²) in [6.45, 7) is 3.81. The fraction of sp³-hybridized carbons (Fsp3) is 0.545. The molecule has 5 nitrogen and oxygen atoms in total. The number of aromatic nitrogens is 2. The Morgan fingerprint density at radius 2 is 2.06 bits per heavy atom. The van der Waals surface area contributed by atoms with E-state index in [1.165, 1.54) is 6.20 Å².